The molecule has 318 valence electrons. The van der Waals surface area contributed by atoms with Crippen LogP contribution in [0.1, 0.15) is 60.0 Å². The van der Waals surface area contributed by atoms with Gasteiger partial charge in [0.25, 0.3) is 10.0 Å². The quantitative estimate of drug-likeness (QED) is 0.0971. The van der Waals surface area contributed by atoms with Gasteiger partial charge in [0.15, 0.2) is 5.82 Å². The Bertz CT molecular complexity index is 3080. The molecule has 0 radical (unpaired) electrons. The molecule has 2 saturated carbocycles. The van der Waals surface area contributed by atoms with Crippen molar-refractivity contribution in [2.24, 2.45) is 0 Å². The smallest absolute Gasteiger partial charge is 0.268 e. The molecular weight excluding hydrogens is 829 g/mol. The fourth-order valence-corrected chi connectivity index (χ4v) is 10.1. The first-order valence-corrected chi connectivity index (χ1v) is 23.5. The topological polar surface area (TPSA) is 172 Å². The molecule has 2 aromatic carbocycles. The lowest BCUT2D eigenvalue weighted by Crippen LogP contribution is -2.37. The highest BCUT2D eigenvalue weighted by Gasteiger charge is 2.35. The second-order valence-electron chi connectivity index (χ2n) is 15.7. The summed E-state index contributed by atoms with van der Waals surface area (Å²) in [5.41, 5.74) is 5.33. The Balaban J connectivity index is 0.973. The van der Waals surface area contributed by atoms with Gasteiger partial charge in [0.05, 0.1) is 37.2 Å². The summed E-state index contributed by atoms with van der Waals surface area (Å²) in [7, 11) is -8.90. The van der Waals surface area contributed by atoms with Gasteiger partial charge in [0.1, 0.15) is 45.8 Å². The number of ether oxygens (including phenoxy) is 2. The van der Waals surface area contributed by atoms with Crippen molar-refractivity contribution in [1.82, 2.24) is 43.1 Å². The number of rotatable bonds is 19. The molecule has 0 bridgehead atoms. The van der Waals surface area contributed by atoms with Crippen LogP contribution in [0.2, 0.25) is 0 Å². The van der Waals surface area contributed by atoms with Crippen LogP contribution in [0.15, 0.2) is 138 Å². The van der Waals surface area contributed by atoms with Gasteiger partial charge in [-0.2, -0.15) is 10.2 Å². The summed E-state index contributed by atoms with van der Waals surface area (Å²) >= 11 is 0. The summed E-state index contributed by atoms with van der Waals surface area (Å²) in [4.78, 5) is 8.98. The third-order valence-corrected chi connectivity index (χ3v) is 14.1. The molecule has 2 aliphatic rings. The average molecular weight is 873 g/mol. The first-order valence-electron chi connectivity index (χ1n) is 20.6. The van der Waals surface area contributed by atoms with Crippen LogP contribution >= 0.6 is 0 Å². The van der Waals surface area contributed by atoms with E-state index in [2.05, 4.69) is 39.4 Å². The number of anilines is 1. The molecule has 62 heavy (non-hydrogen) atoms. The highest BCUT2D eigenvalue weighted by Crippen LogP contribution is 2.41. The minimum Gasteiger partial charge on any atom is -0.492 e. The minimum atomic E-state index is -4.51. The number of imidazole rings is 2. The normalized spacial score (nSPS) is 14.5. The van der Waals surface area contributed by atoms with Crippen molar-refractivity contribution in [3.8, 4) is 11.5 Å². The van der Waals surface area contributed by atoms with Crippen molar-refractivity contribution in [1.29, 1.82) is 0 Å². The largest absolute Gasteiger partial charge is 0.492 e. The van der Waals surface area contributed by atoms with Gasteiger partial charge >= 0.3 is 0 Å². The molecule has 1 N–H and O–H groups in total. The van der Waals surface area contributed by atoms with E-state index in [1.807, 2.05) is 57.6 Å². The summed E-state index contributed by atoms with van der Waals surface area (Å²) in [6, 6.07) is 26.1. The molecule has 0 saturated heterocycles. The number of hydrogen-bond donors (Lipinski definition) is 1. The van der Waals surface area contributed by atoms with E-state index in [4.69, 9.17) is 19.4 Å². The number of benzene rings is 2. The van der Waals surface area contributed by atoms with Crippen molar-refractivity contribution >= 4 is 37.2 Å². The van der Waals surface area contributed by atoms with E-state index in [1.165, 1.54) is 51.9 Å². The van der Waals surface area contributed by atoms with E-state index < -0.39 is 20.0 Å². The number of aromatic nitrogens is 8. The number of nitrogens with zero attached hydrogens (tertiary/aromatic N) is 9. The van der Waals surface area contributed by atoms with Crippen molar-refractivity contribution in [2.75, 3.05) is 30.6 Å². The van der Waals surface area contributed by atoms with Crippen LogP contribution in [0.5, 0.6) is 11.5 Å². The lowest BCUT2D eigenvalue weighted by molar-refractivity contribution is 0.323. The first-order chi connectivity index (χ1) is 30.1. The van der Waals surface area contributed by atoms with Gasteiger partial charge in [0, 0.05) is 43.7 Å². The maximum Gasteiger partial charge on any atom is 0.268 e. The molecule has 10 rings (SSSR count). The predicted molar refractivity (Wildman–Crippen MR) is 231 cm³/mol. The molecule has 2 aliphatic carbocycles. The molecule has 18 heteroatoms. The van der Waals surface area contributed by atoms with Crippen LogP contribution in [0, 0.1) is 0 Å². The summed E-state index contributed by atoms with van der Waals surface area (Å²) in [6.07, 6.45) is 16.6. The van der Waals surface area contributed by atoms with Gasteiger partial charge in [-0.1, -0.05) is 48.5 Å². The average Bonchev–Trinajstić information content (AvgIpc) is 4.12. The van der Waals surface area contributed by atoms with E-state index in [1.54, 1.807) is 36.4 Å². The lowest BCUT2D eigenvalue weighted by Gasteiger charge is -2.23. The number of hydrogen-bond acceptors (Lipinski definition) is 10. The zero-order valence-corrected chi connectivity index (χ0v) is 35.3. The van der Waals surface area contributed by atoms with E-state index in [9.17, 15) is 16.8 Å². The van der Waals surface area contributed by atoms with Crippen LogP contribution < -0.4 is 18.5 Å². The molecule has 0 amide bonds. The van der Waals surface area contributed by atoms with Crippen LogP contribution in [0.25, 0.3) is 11.3 Å². The molecular formula is C44H44N10O6S2. The SMILES string of the molecule is O=S(=O)(NCCOc1ccccc1)c1cn(Cc2cn3cc(C4CC4)ccc3n2)nc1N(CCOc1ccccc1)S(=O)(=O)c1cnn(Cc2cn3cc(C4CC4)ccc3n2)c1. The van der Waals surface area contributed by atoms with Gasteiger partial charge in [-0.3, -0.25) is 9.36 Å². The fraction of sp³-hybridized carbons (Fsp3) is 0.273. The second-order valence-corrected chi connectivity index (χ2v) is 19.3. The third-order valence-electron chi connectivity index (χ3n) is 10.9. The van der Waals surface area contributed by atoms with Gasteiger partial charge in [-0.25, -0.2) is 35.8 Å². The minimum absolute atomic E-state index is 0.0247. The highest BCUT2D eigenvalue weighted by atomic mass is 32.2. The number of pyridine rings is 2. The van der Waals surface area contributed by atoms with Crippen LogP contribution in [-0.2, 0) is 33.1 Å². The molecule has 6 heterocycles. The van der Waals surface area contributed by atoms with E-state index >= 15 is 0 Å². The number of para-hydroxylation sites is 2. The molecule has 0 spiro atoms. The molecule has 16 nitrogen and oxygen atoms in total. The monoisotopic (exact) mass is 872 g/mol. The van der Waals surface area contributed by atoms with E-state index in [-0.39, 0.29) is 55.0 Å². The maximum absolute atomic E-state index is 14.9. The van der Waals surface area contributed by atoms with Gasteiger partial charge in [-0.05, 0) is 85.0 Å². The van der Waals surface area contributed by atoms with Crippen molar-refractivity contribution in [2.45, 2.75) is 60.4 Å². The zero-order chi connectivity index (χ0) is 42.3. The Morgan fingerprint density at radius 2 is 1.21 bits per heavy atom. The maximum atomic E-state index is 14.9. The predicted octanol–water partition coefficient (Wildman–Crippen LogP) is 5.86. The number of fused-ring (bicyclic) bond motifs is 2. The summed E-state index contributed by atoms with van der Waals surface area (Å²) in [6.45, 7) is -0.212. The Morgan fingerprint density at radius 3 is 1.79 bits per heavy atom. The van der Waals surface area contributed by atoms with Crippen molar-refractivity contribution in [3.05, 3.63) is 151 Å². The zero-order valence-electron chi connectivity index (χ0n) is 33.6. The second kappa shape index (κ2) is 16.4. The molecule has 8 aromatic rings. The van der Waals surface area contributed by atoms with Crippen molar-refractivity contribution in [3.63, 3.8) is 0 Å². The summed E-state index contributed by atoms with van der Waals surface area (Å²) in [5, 5.41) is 9.09. The van der Waals surface area contributed by atoms with Crippen LogP contribution in [0.3, 0.4) is 0 Å². The Morgan fingerprint density at radius 1 is 0.645 bits per heavy atom. The van der Waals surface area contributed by atoms with Crippen LogP contribution in [0.4, 0.5) is 5.82 Å². The highest BCUT2D eigenvalue weighted by molar-refractivity contribution is 7.93. The Kier molecular flexibility index (Phi) is 10.5. The molecule has 0 atom stereocenters. The lowest BCUT2D eigenvalue weighted by atomic mass is 10.2. The first kappa shape index (κ1) is 39.6. The molecule has 6 aromatic heterocycles. The van der Waals surface area contributed by atoms with Gasteiger partial charge in [-0.15, -0.1) is 0 Å². The Labute approximate surface area is 358 Å². The molecule has 2 fully saturated rings. The van der Waals surface area contributed by atoms with E-state index in [0.29, 0.717) is 34.7 Å². The Hall–Kier alpha value is -6.50. The number of nitrogens with one attached hydrogen (secondary N) is 1. The third kappa shape index (κ3) is 8.66. The van der Waals surface area contributed by atoms with Crippen LogP contribution in [-0.4, -0.2) is 81.5 Å². The molecule has 0 unspecified atom stereocenters. The molecule has 0 aliphatic heterocycles. The van der Waals surface area contributed by atoms with E-state index in [0.717, 1.165) is 28.4 Å². The van der Waals surface area contributed by atoms with Crippen molar-refractivity contribution < 1.29 is 26.3 Å². The summed E-state index contributed by atoms with van der Waals surface area (Å²) < 4.78 is 80.4. The standard InChI is InChI=1S/C44H44N10O6S2/c55-61(56,46-19-21-59-38-7-3-1-4-8-38)41-31-53(29-37-27-51-25-35(33-13-14-33)16-18-43(51)48-37)49-44(41)54(20-22-60-39-9-5-2-6-10-39)62(57,58)40-23-45-52(30-40)28-36-26-50-24-34(32-11-12-32)15-17-42(50)47-36/h1-10,15-18,23-27,30-33,46H,11-14,19-22,28-29H2. The summed E-state index contributed by atoms with van der Waals surface area (Å²) in [5.74, 6) is 1.93. The fourth-order valence-electron chi connectivity index (χ4n) is 7.49. The van der Waals surface area contributed by atoms with Gasteiger partial charge in [0.2, 0.25) is 10.0 Å². The number of sulfonamides is 2. The van der Waals surface area contributed by atoms with Gasteiger partial charge < -0.3 is 18.3 Å².